The number of carboxylic acid groups (broad SMARTS) is 1. The molecule has 0 aromatic heterocycles. The summed E-state index contributed by atoms with van der Waals surface area (Å²) in [5, 5.41) is 23.5. The van der Waals surface area contributed by atoms with E-state index in [1.165, 1.54) is 18.2 Å². The zero-order valence-electron chi connectivity index (χ0n) is 16.6. The number of aliphatic hydroxyl groups excluding tert-OH is 1. The number of hydrogen-bond acceptors (Lipinski definition) is 4. The van der Waals surface area contributed by atoms with Crippen LogP contribution in [-0.4, -0.2) is 29.3 Å². The number of aliphatic hydroxyl groups is 1. The van der Waals surface area contributed by atoms with Gasteiger partial charge in [-0.3, -0.25) is 4.79 Å². The van der Waals surface area contributed by atoms with Gasteiger partial charge in [-0.1, -0.05) is 54.6 Å². The fraction of sp³-hybridized carbons (Fsp3) is 0.409. The Morgan fingerprint density at radius 3 is 2.37 bits per heavy atom. The molecule has 2 rings (SSSR count). The Morgan fingerprint density at radius 2 is 1.73 bits per heavy atom. The number of nitrogen functional groups attached to an aromatic ring is 1. The zero-order chi connectivity index (χ0) is 22.1. The molecule has 0 aliphatic rings. The highest BCUT2D eigenvalue weighted by atomic mass is 35.5. The van der Waals surface area contributed by atoms with Gasteiger partial charge < -0.3 is 21.3 Å². The van der Waals surface area contributed by atoms with Crippen LogP contribution >= 0.6 is 23.2 Å². The standard InChI is InChI=1S/C22H27Cl2FN2O3/c23-18-11-15(12-19(24)21(18)26)20(28)13-27-9-4-2-1-3-8-17(22(29)30)14-6-5-7-16(25)10-14/h5-7,10-12,17,20,27-28H,1-4,8-9,13,26H2,(H,29,30). The monoisotopic (exact) mass is 456 g/mol. The molecule has 0 bridgehead atoms. The van der Waals surface area contributed by atoms with Crippen molar-refractivity contribution in [2.45, 2.75) is 44.1 Å². The topological polar surface area (TPSA) is 95.6 Å². The Kier molecular flexibility index (Phi) is 9.85. The predicted molar refractivity (Wildman–Crippen MR) is 119 cm³/mol. The van der Waals surface area contributed by atoms with Gasteiger partial charge in [-0.25, -0.2) is 4.39 Å². The number of aliphatic carboxylic acids is 1. The summed E-state index contributed by atoms with van der Waals surface area (Å²) in [6.45, 7) is 1.08. The molecule has 0 spiro atoms. The molecular weight excluding hydrogens is 430 g/mol. The van der Waals surface area contributed by atoms with Crippen LogP contribution in [0.25, 0.3) is 0 Å². The van der Waals surface area contributed by atoms with Crippen LogP contribution in [0.2, 0.25) is 10.0 Å². The SMILES string of the molecule is Nc1c(Cl)cc(C(O)CNCCCCCCC(C(=O)O)c2cccc(F)c2)cc1Cl. The summed E-state index contributed by atoms with van der Waals surface area (Å²) in [7, 11) is 0. The van der Waals surface area contributed by atoms with Gasteiger partial charge in [0.2, 0.25) is 0 Å². The number of nitrogens with one attached hydrogen (secondary N) is 1. The number of rotatable bonds is 12. The highest BCUT2D eigenvalue weighted by molar-refractivity contribution is 6.38. The molecule has 0 amide bonds. The van der Waals surface area contributed by atoms with Crippen molar-refractivity contribution in [1.82, 2.24) is 5.32 Å². The molecule has 0 saturated heterocycles. The lowest BCUT2D eigenvalue weighted by molar-refractivity contribution is -0.139. The summed E-state index contributed by atoms with van der Waals surface area (Å²) < 4.78 is 13.3. The fourth-order valence-electron chi connectivity index (χ4n) is 3.26. The second-order valence-electron chi connectivity index (χ2n) is 7.27. The maximum Gasteiger partial charge on any atom is 0.310 e. The number of halogens is 3. The molecule has 5 nitrogen and oxygen atoms in total. The van der Waals surface area contributed by atoms with Crippen molar-refractivity contribution < 1.29 is 19.4 Å². The normalized spacial score (nSPS) is 13.2. The molecule has 30 heavy (non-hydrogen) atoms. The molecule has 2 unspecified atom stereocenters. The van der Waals surface area contributed by atoms with E-state index in [1.54, 1.807) is 18.2 Å². The highest BCUT2D eigenvalue weighted by Gasteiger charge is 2.19. The predicted octanol–water partition coefficient (Wildman–Crippen LogP) is 5.16. The first-order valence-electron chi connectivity index (χ1n) is 9.91. The minimum absolute atomic E-state index is 0.296. The van der Waals surface area contributed by atoms with Gasteiger partial charge in [0.15, 0.2) is 0 Å². The molecular formula is C22H27Cl2FN2O3. The van der Waals surface area contributed by atoms with Gasteiger partial charge in [0.1, 0.15) is 5.82 Å². The van der Waals surface area contributed by atoms with Crippen molar-refractivity contribution in [3.05, 3.63) is 63.4 Å². The Bertz CT molecular complexity index is 828. The average molecular weight is 457 g/mol. The first kappa shape index (κ1) is 24.4. The van der Waals surface area contributed by atoms with Gasteiger partial charge in [0.05, 0.1) is 27.8 Å². The van der Waals surface area contributed by atoms with E-state index in [4.69, 9.17) is 28.9 Å². The molecule has 2 atom stereocenters. The van der Waals surface area contributed by atoms with Gasteiger partial charge in [-0.15, -0.1) is 0 Å². The number of carbonyl (C=O) groups is 1. The summed E-state index contributed by atoms with van der Waals surface area (Å²) in [5.74, 6) is -2.04. The van der Waals surface area contributed by atoms with Crippen LogP contribution in [0.5, 0.6) is 0 Å². The third kappa shape index (κ3) is 7.43. The quantitative estimate of drug-likeness (QED) is 0.261. The Labute approximate surface area is 186 Å². The van der Waals surface area contributed by atoms with Crippen molar-refractivity contribution in [1.29, 1.82) is 0 Å². The van der Waals surface area contributed by atoms with Gasteiger partial charge in [-0.2, -0.15) is 0 Å². The fourth-order valence-corrected chi connectivity index (χ4v) is 3.76. The smallest absolute Gasteiger partial charge is 0.310 e. The van der Waals surface area contributed by atoms with Crippen LogP contribution < -0.4 is 11.1 Å². The van der Waals surface area contributed by atoms with Crippen LogP contribution in [0.1, 0.15) is 55.3 Å². The third-order valence-electron chi connectivity index (χ3n) is 4.97. The third-order valence-corrected chi connectivity index (χ3v) is 5.59. The van der Waals surface area contributed by atoms with Gasteiger partial charge in [0.25, 0.3) is 0 Å². The Hall–Kier alpha value is -1.86. The second kappa shape index (κ2) is 12.1. The molecule has 8 heteroatoms. The van der Waals surface area contributed by atoms with E-state index in [0.717, 1.165) is 32.2 Å². The molecule has 0 aliphatic heterocycles. The molecule has 0 heterocycles. The van der Waals surface area contributed by atoms with Crippen molar-refractivity contribution >= 4 is 34.9 Å². The molecule has 5 N–H and O–H groups in total. The molecule has 0 aliphatic carbocycles. The van der Waals surface area contributed by atoms with Crippen molar-refractivity contribution in [2.75, 3.05) is 18.8 Å². The van der Waals surface area contributed by atoms with Crippen molar-refractivity contribution in [3.63, 3.8) is 0 Å². The minimum atomic E-state index is -0.931. The largest absolute Gasteiger partial charge is 0.481 e. The van der Waals surface area contributed by atoms with Crippen LogP contribution in [-0.2, 0) is 4.79 Å². The number of unbranched alkanes of at least 4 members (excludes halogenated alkanes) is 3. The van der Waals surface area contributed by atoms with Gasteiger partial charge in [-0.05, 0) is 54.8 Å². The van der Waals surface area contributed by atoms with Crippen LogP contribution in [0.15, 0.2) is 36.4 Å². The van der Waals surface area contributed by atoms with Gasteiger partial charge >= 0.3 is 5.97 Å². The summed E-state index contributed by atoms with van der Waals surface area (Å²) >= 11 is 12.0. The maximum absolute atomic E-state index is 13.3. The van der Waals surface area contributed by atoms with Crippen LogP contribution in [0.3, 0.4) is 0 Å². The van der Waals surface area contributed by atoms with E-state index in [0.29, 0.717) is 39.8 Å². The second-order valence-corrected chi connectivity index (χ2v) is 8.08. The molecule has 2 aromatic carbocycles. The van der Waals surface area contributed by atoms with E-state index in [1.807, 2.05) is 0 Å². The molecule has 0 saturated carbocycles. The number of carboxylic acids is 1. The first-order valence-corrected chi connectivity index (χ1v) is 10.7. The summed E-state index contributed by atoms with van der Waals surface area (Å²) in [6.07, 6.45) is 3.18. The van der Waals surface area contributed by atoms with Crippen molar-refractivity contribution in [3.8, 4) is 0 Å². The molecule has 0 fully saturated rings. The van der Waals surface area contributed by atoms with Gasteiger partial charge in [0, 0.05) is 6.54 Å². The lowest BCUT2D eigenvalue weighted by Gasteiger charge is -2.14. The van der Waals surface area contributed by atoms with Crippen molar-refractivity contribution in [2.24, 2.45) is 0 Å². The van der Waals surface area contributed by atoms with E-state index in [9.17, 15) is 19.4 Å². The van der Waals surface area contributed by atoms with Crippen LogP contribution in [0, 0.1) is 5.82 Å². The average Bonchev–Trinajstić information content (AvgIpc) is 2.70. The Balaban J connectivity index is 1.64. The molecule has 164 valence electrons. The lowest BCUT2D eigenvalue weighted by Crippen LogP contribution is -2.22. The summed E-state index contributed by atoms with van der Waals surface area (Å²) in [4.78, 5) is 11.5. The van der Waals surface area contributed by atoms with E-state index in [2.05, 4.69) is 5.32 Å². The minimum Gasteiger partial charge on any atom is -0.481 e. The molecule has 2 aromatic rings. The summed E-state index contributed by atoms with van der Waals surface area (Å²) in [6, 6.07) is 8.99. The maximum atomic E-state index is 13.3. The van der Waals surface area contributed by atoms with E-state index >= 15 is 0 Å². The number of hydrogen-bond donors (Lipinski definition) is 4. The number of anilines is 1. The summed E-state index contributed by atoms with van der Waals surface area (Å²) in [5.41, 5.74) is 7.09. The van der Waals surface area contributed by atoms with E-state index < -0.39 is 23.8 Å². The van der Waals surface area contributed by atoms with E-state index in [-0.39, 0.29) is 0 Å². The van der Waals surface area contributed by atoms with Crippen LogP contribution in [0.4, 0.5) is 10.1 Å². The first-order chi connectivity index (χ1) is 14.3. The zero-order valence-corrected chi connectivity index (χ0v) is 18.1. The molecule has 0 radical (unpaired) electrons. The lowest BCUT2D eigenvalue weighted by atomic mass is 9.93. The Morgan fingerprint density at radius 1 is 1.07 bits per heavy atom. The number of nitrogens with two attached hydrogens (primary N) is 1. The highest BCUT2D eigenvalue weighted by Crippen LogP contribution is 2.31. The number of benzene rings is 2.